The maximum absolute atomic E-state index is 12.9. The number of rotatable bonds is 5. The number of nitrogens with zero attached hydrogens (tertiary/aromatic N) is 6. The van der Waals surface area contributed by atoms with Crippen LogP contribution in [-0.2, 0) is 6.54 Å². The van der Waals surface area contributed by atoms with E-state index in [1.165, 1.54) is 22.1 Å². The van der Waals surface area contributed by atoms with Gasteiger partial charge in [0.05, 0.1) is 12.1 Å². The van der Waals surface area contributed by atoms with Gasteiger partial charge >= 0.3 is 0 Å². The van der Waals surface area contributed by atoms with Crippen LogP contribution in [0.15, 0.2) is 42.6 Å². The summed E-state index contributed by atoms with van der Waals surface area (Å²) in [6, 6.07) is 11.7. The Bertz CT molecular complexity index is 1200. The maximum atomic E-state index is 12.9. The molecular formula is C23H24N6O3. The fourth-order valence-corrected chi connectivity index (χ4v) is 4.48. The molecule has 1 aliphatic heterocycles. The lowest BCUT2D eigenvalue weighted by atomic mass is 9.94. The summed E-state index contributed by atoms with van der Waals surface area (Å²) < 4.78 is 1.27. The summed E-state index contributed by atoms with van der Waals surface area (Å²) in [7, 11) is 0. The molecule has 0 radical (unpaired) electrons. The summed E-state index contributed by atoms with van der Waals surface area (Å²) in [6.07, 6.45) is 2.13. The van der Waals surface area contributed by atoms with Crippen molar-refractivity contribution in [2.75, 3.05) is 37.6 Å². The second-order valence-corrected chi connectivity index (χ2v) is 8.25. The van der Waals surface area contributed by atoms with E-state index in [1.54, 1.807) is 12.1 Å². The summed E-state index contributed by atoms with van der Waals surface area (Å²) in [6.45, 7) is 6.98. The fourth-order valence-electron chi connectivity index (χ4n) is 4.48. The second-order valence-electron chi connectivity index (χ2n) is 8.25. The Kier molecular flexibility index (Phi) is 5.18. The van der Waals surface area contributed by atoms with Gasteiger partial charge in [0.2, 0.25) is 17.3 Å². The smallest absolute Gasteiger partial charge is 0.239 e. The number of piperazine rings is 1. The molecule has 3 heterocycles. The lowest BCUT2D eigenvalue weighted by molar-refractivity contribution is -0.749. The van der Waals surface area contributed by atoms with Gasteiger partial charge in [-0.1, -0.05) is 12.1 Å². The predicted molar refractivity (Wildman–Crippen MR) is 117 cm³/mol. The number of anilines is 1. The number of fused-ring (bicyclic) bond motifs is 2. The number of pyridine rings is 1. The molecule has 32 heavy (non-hydrogen) atoms. The largest absolute Gasteiger partial charge is 0.571 e. The zero-order valence-corrected chi connectivity index (χ0v) is 17.9. The quantitative estimate of drug-likeness (QED) is 0.345. The van der Waals surface area contributed by atoms with E-state index >= 15 is 0 Å². The highest BCUT2D eigenvalue weighted by atomic mass is 16.5. The first-order valence-corrected chi connectivity index (χ1v) is 10.8. The molecule has 0 spiro atoms. The minimum Gasteiger partial charge on any atom is -0.571 e. The van der Waals surface area contributed by atoms with Crippen LogP contribution < -0.4 is 9.86 Å². The van der Waals surface area contributed by atoms with Crippen molar-refractivity contribution in [1.82, 2.24) is 19.7 Å². The third-order valence-electron chi connectivity index (χ3n) is 6.16. The van der Waals surface area contributed by atoms with Gasteiger partial charge in [0.1, 0.15) is 5.69 Å². The molecule has 9 heteroatoms. The molecule has 164 valence electrons. The van der Waals surface area contributed by atoms with E-state index in [1.807, 2.05) is 0 Å². The minimum absolute atomic E-state index is 0.0572. The van der Waals surface area contributed by atoms with Gasteiger partial charge in [-0.05, 0) is 43.2 Å². The zero-order chi connectivity index (χ0) is 22.2. The van der Waals surface area contributed by atoms with Crippen LogP contribution in [-0.4, -0.2) is 64.0 Å². The molecule has 0 amide bonds. The van der Waals surface area contributed by atoms with Crippen LogP contribution in [0.4, 0.5) is 5.69 Å². The molecular weight excluding hydrogens is 408 g/mol. The van der Waals surface area contributed by atoms with E-state index in [-0.39, 0.29) is 28.4 Å². The second kappa shape index (κ2) is 8.16. The summed E-state index contributed by atoms with van der Waals surface area (Å²) in [4.78, 5) is 34.7. The molecule has 5 rings (SSSR count). The lowest BCUT2D eigenvalue weighted by Crippen LogP contribution is -2.47. The normalized spacial score (nSPS) is 16.2. The van der Waals surface area contributed by atoms with Gasteiger partial charge in [0.15, 0.2) is 5.69 Å². The molecule has 1 aliphatic carbocycles. The van der Waals surface area contributed by atoms with Gasteiger partial charge in [-0.3, -0.25) is 19.5 Å². The van der Waals surface area contributed by atoms with Crippen molar-refractivity contribution in [2.45, 2.75) is 19.9 Å². The summed E-state index contributed by atoms with van der Waals surface area (Å²) >= 11 is 0. The van der Waals surface area contributed by atoms with Gasteiger partial charge in [0, 0.05) is 54.7 Å². The Labute approximate surface area is 185 Å². The SMILES string of the molecule is Cc1cccc(N2CCN(CCCn3c4c(n[n+]3[O-])C(=O)c3ncccc3C4=O)CC2)c1. The molecule has 2 aromatic heterocycles. The molecule has 1 aromatic carbocycles. The highest BCUT2D eigenvalue weighted by Crippen LogP contribution is 2.24. The number of hydrogen-bond donors (Lipinski definition) is 0. The summed E-state index contributed by atoms with van der Waals surface area (Å²) in [5.74, 6) is -0.859. The Balaban J connectivity index is 1.22. The molecule has 0 N–H and O–H groups in total. The molecule has 0 unspecified atom stereocenters. The molecule has 1 fully saturated rings. The standard InChI is InChI=1S/C23H24N6O3/c1-16-5-2-6-17(15-16)27-13-11-26(12-14-27)9-4-10-28-21-20(25-29(28)32)23(31)19-18(22(21)30)7-3-8-24-19/h2-3,5-8,15H,4,9-14H2,1H3. The van der Waals surface area contributed by atoms with Crippen LogP contribution in [0.2, 0.25) is 0 Å². The average Bonchev–Trinajstić information content (AvgIpc) is 3.14. The van der Waals surface area contributed by atoms with Crippen molar-refractivity contribution in [3.63, 3.8) is 0 Å². The van der Waals surface area contributed by atoms with Crippen LogP contribution in [0.1, 0.15) is 44.2 Å². The lowest BCUT2D eigenvalue weighted by Gasteiger charge is -2.36. The number of ketones is 2. The van der Waals surface area contributed by atoms with Crippen LogP contribution in [0, 0.1) is 12.1 Å². The molecule has 1 saturated heterocycles. The Hall–Kier alpha value is -3.59. The number of aryl methyl sites for hydroxylation is 1. The van der Waals surface area contributed by atoms with Gasteiger partial charge in [0.25, 0.3) is 0 Å². The van der Waals surface area contributed by atoms with Crippen molar-refractivity contribution in [2.24, 2.45) is 0 Å². The number of benzene rings is 1. The average molecular weight is 432 g/mol. The van der Waals surface area contributed by atoms with Crippen molar-refractivity contribution < 1.29 is 14.5 Å². The minimum atomic E-state index is -0.481. The topological polar surface area (TPSA) is 98.3 Å². The van der Waals surface area contributed by atoms with E-state index in [0.29, 0.717) is 17.9 Å². The Morgan fingerprint density at radius 3 is 2.59 bits per heavy atom. The van der Waals surface area contributed by atoms with Crippen molar-refractivity contribution in [1.29, 1.82) is 0 Å². The Morgan fingerprint density at radius 2 is 1.81 bits per heavy atom. The molecule has 0 bridgehead atoms. The first-order valence-electron chi connectivity index (χ1n) is 10.8. The van der Waals surface area contributed by atoms with Gasteiger partial charge in [-0.15, -0.1) is 4.68 Å². The number of carbonyl (C=O) groups is 2. The Morgan fingerprint density at radius 1 is 1.00 bits per heavy atom. The van der Waals surface area contributed by atoms with Crippen LogP contribution in [0.5, 0.6) is 0 Å². The monoisotopic (exact) mass is 432 g/mol. The molecule has 3 aromatic rings. The van der Waals surface area contributed by atoms with E-state index < -0.39 is 5.78 Å². The third kappa shape index (κ3) is 3.54. The van der Waals surface area contributed by atoms with E-state index in [2.05, 4.69) is 51.1 Å². The highest BCUT2D eigenvalue weighted by molar-refractivity contribution is 6.26. The van der Waals surface area contributed by atoms with Crippen molar-refractivity contribution in [3.8, 4) is 0 Å². The van der Waals surface area contributed by atoms with Crippen LogP contribution >= 0.6 is 0 Å². The van der Waals surface area contributed by atoms with Crippen molar-refractivity contribution in [3.05, 3.63) is 76.0 Å². The molecule has 2 aliphatic rings. The highest BCUT2D eigenvalue weighted by Gasteiger charge is 2.40. The molecule has 9 nitrogen and oxygen atoms in total. The van der Waals surface area contributed by atoms with Crippen LogP contribution in [0.25, 0.3) is 0 Å². The van der Waals surface area contributed by atoms with E-state index in [0.717, 1.165) is 32.7 Å². The van der Waals surface area contributed by atoms with Gasteiger partial charge in [-0.25, -0.2) is 0 Å². The van der Waals surface area contributed by atoms with E-state index in [9.17, 15) is 14.8 Å². The summed E-state index contributed by atoms with van der Waals surface area (Å²) in [5.41, 5.74) is 2.74. The molecule has 0 saturated carbocycles. The van der Waals surface area contributed by atoms with E-state index in [4.69, 9.17) is 0 Å². The van der Waals surface area contributed by atoms with Crippen LogP contribution in [0.3, 0.4) is 0 Å². The van der Waals surface area contributed by atoms with Crippen molar-refractivity contribution >= 4 is 17.3 Å². The first kappa shape index (κ1) is 20.3. The summed E-state index contributed by atoms with van der Waals surface area (Å²) in [5, 5.41) is 16.2. The first-order chi connectivity index (χ1) is 15.5. The fraction of sp³-hybridized carbons (Fsp3) is 0.348. The number of carbonyl (C=O) groups excluding carboxylic acids is 2. The predicted octanol–water partition coefficient (Wildman–Crippen LogP) is 1.21. The zero-order valence-electron chi connectivity index (χ0n) is 17.9. The number of aromatic nitrogens is 4. The van der Waals surface area contributed by atoms with Gasteiger partial charge in [-0.2, -0.15) is 0 Å². The maximum Gasteiger partial charge on any atom is 0.239 e. The van der Waals surface area contributed by atoms with Gasteiger partial charge < -0.3 is 10.1 Å². The molecule has 0 atom stereocenters. The third-order valence-corrected chi connectivity index (χ3v) is 6.16. The number of hydrogen-bond acceptors (Lipinski definition) is 7.